The summed E-state index contributed by atoms with van der Waals surface area (Å²) >= 11 is 0. The van der Waals surface area contributed by atoms with Crippen molar-refractivity contribution in [2.24, 2.45) is 0 Å². The fraction of sp³-hybridized carbons (Fsp3) is 0.212. The Labute approximate surface area is 237 Å². The Balaban J connectivity index is 1.32. The number of carbonyl (C=O) groups is 1. The molecule has 2 atom stereocenters. The minimum absolute atomic E-state index is 0.0400. The number of amides is 1. The molecule has 0 radical (unpaired) electrons. The van der Waals surface area contributed by atoms with Crippen LogP contribution < -0.4 is 10.6 Å². The molecule has 0 saturated heterocycles. The molecule has 5 rings (SSSR count). The maximum atomic E-state index is 13.9. The van der Waals surface area contributed by atoms with Crippen LogP contribution in [-0.2, 0) is 19.4 Å². The van der Waals surface area contributed by atoms with Crippen LogP contribution in [0.25, 0.3) is 16.9 Å². The van der Waals surface area contributed by atoms with Crippen molar-refractivity contribution in [2.45, 2.75) is 38.5 Å². The van der Waals surface area contributed by atoms with Gasteiger partial charge in [0.15, 0.2) is 0 Å². The number of rotatable bonds is 11. The van der Waals surface area contributed by atoms with Crippen molar-refractivity contribution in [1.82, 2.24) is 20.0 Å². The molecule has 0 bridgehead atoms. The highest BCUT2D eigenvalue weighted by Gasteiger charge is 2.23. The third kappa shape index (κ3) is 7.22. The zero-order chi connectivity index (χ0) is 28.8. The summed E-state index contributed by atoms with van der Waals surface area (Å²) in [6.45, 7) is 2.78. The molecule has 2 aromatic heterocycles. The molecule has 0 aliphatic rings. The Morgan fingerprint density at radius 1 is 0.927 bits per heavy atom. The predicted molar refractivity (Wildman–Crippen MR) is 155 cm³/mol. The zero-order valence-electron chi connectivity index (χ0n) is 22.7. The summed E-state index contributed by atoms with van der Waals surface area (Å²) in [6.07, 6.45) is 3.58. The number of aliphatic hydroxyl groups excluding tert-OH is 1. The van der Waals surface area contributed by atoms with Crippen molar-refractivity contribution >= 4 is 11.6 Å². The molecule has 41 heavy (non-hydrogen) atoms. The molecule has 2 unspecified atom stereocenters. The molecule has 0 aliphatic heterocycles. The first-order valence-electron chi connectivity index (χ1n) is 13.6. The van der Waals surface area contributed by atoms with Crippen molar-refractivity contribution in [3.63, 3.8) is 0 Å². The van der Waals surface area contributed by atoms with Crippen molar-refractivity contribution < 1.29 is 18.7 Å². The van der Waals surface area contributed by atoms with Crippen LogP contribution in [0.5, 0.6) is 0 Å². The van der Waals surface area contributed by atoms with Gasteiger partial charge in [0.05, 0.1) is 17.8 Å². The number of nitrogens with zero attached hydrogens (tertiary/aromatic N) is 2. The van der Waals surface area contributed by atoms with Crippen LogP contribution in [0.15, 0.2) is 97.3 Å². The van der Waals surface area contributed by atoms with E-state index in [0.717, 1.165) is 29.3 Å². The maximum Gasteiger partial charge on any atom is 0.251 e. The highest BCUT2D eigenvalue weighted by atomic mass is 19.1. The second kappa shape index (κ2) is 12.8. The molecule has 3 aromatic carbocycles. The SMILES string of the molecule is CCc1cccc(CNCC(O)C(Cc2cc(F)cc(F)c2)NC(=O)c2ccn3cc(-c4ccccc4)nc3c2)c1. The van der Waals surface area contributed by atoms with Crippen LogP contribution in [0, 0.1) is 11.6 Å². The molecule has 3 N–H and O–H groups in total. The van der Waals surface area contributed by atoms with E-state index in [1.165, 1.54) is 17.7 Å². The summed E-state index contributed by atoms with van der Waals surface area (Å²) < 4.78 is 29.7. The number of nitrogens with one attached hydrogen (secondary N) is 2. The van der Waals surface area contributed by atoms with Gasteiger partial charge in [0.25, 0.3) is 5.91 Å². The lowest BCUT2D eigenvalue weighted by Gasteiger charge is -2.25. The van der Waals surface area contributed by atoms with Crippen molar-refractivity contribution in [2.75, 3.05) is 6.54 Å². The number of benzene rings is 3. The minimum atomic E-state index is -1.03. The van der Waals surface area contributed by atoms with Crippen LogP contribution in [0.3, 0.4) is 0 Å². The summed E-state index contributed by atoms with van der Waals surface area (Å²) in [5, 5.41) is 17.2. The first kappa shape index (κ1) is 28.1. The van der Waals surface area contributed by atoms with Crippen molar-refractivity contribution in [3.05, 3.63) is 131 Å². The quantitative estimate of drug-likeness (QED) is 0.206. The summed E-state index contributed by atoms with van der Waals surface area (Å²) in [4.78, 5) is 18.0. The summed E-state index contributed by atoms with van der Waals surface area (Å²) in [6, 6.07) is 23.6. The minimum Gasteiger partial charge on any atom is -0.390 e. The molecule has 210 valence electrons. The lowest BCUT2D eigenvalue weighted by molar-refractivity contribution is 0.0830. The van der Waals surface area contributed by atoms with Crippen LogP contribution in [0.4, 0.5) is 8.78 Å². The van der Waals surface area contributed by atoms with Gasteiger partial charge >= 0.3 is 0 Å². The molecular formula is C33H32F2N4O2. The third-order valence-corrected chi connectivity index (χ3v) is 7.03. The number of imidazole rings is 1. The van der Waals surface area contributed by atoms with Crippen LogP contribution in [0.2, 0.25) is 0 Å². The van der Waals surface area contributed by atoms with E-state index in [9.17, 15) is 18.7 Å². The molecule has 0 fully saturated rings. The molecule has 1 amide bonds. The van der Waals surface area contributed by atoms with E-state index >= 15 is 0 Å². The fourth-order valence-corrected chi connectivity index (χ4v) is 4.86. The Hall–Kier alpha value is -4.40. The molecule has 2 heterocycles. The first-order valence-corrected chi connectivity index (χ1v) is 13.6. The normalized spacial score (nSPS) is 12.8. The number of halogens is 2. The summed E-state index contributed by atoms with van der Waals surface area (Å²) in [5.41, 5.74) is 5.31. The van der Waals surface area contributed by atoms with Gasteiger partial charge in [-0.3, -0.25) is 4.79 Å². The number of aryl methyl sites for hydroxylation is 1. The third-order valence-electron chi connectivity index (χ3n) is 7.03. The monoisotopic (exact) mass is 554 g/mol. The molecular weight excluding hydrogens is 522 g/mol. The van der Waals surface area contributed by atoms with E-state index in [2.05, 4.69) is 34.7 Å². The van der Waals surface area contributed by atoms with E-state index in [1.807, 2.05) is 53.1 Å². The number of hydrogen-bond donors (Lipinski definition) is 3. The Morgan fingerprint density at radius 3 is 2.44 bits per heavy atom. The van der Waals surface area contributed by atoms with E-state index in [1.54, 1.807) is 18.3 Å². The van der Waals surface area contributed by atoms with E-state index in [4.69, 9.17) is 0 Å². The number of aromatic nitrogens is 2. The highest BCUT2D eigenvalue weighted by molar-refractivity contribution is 5.95. The average molecular weight is 555 g/mol. The van der Waals surface area contributed by atoms with Gasteiger partial charge in [0, 0.05) is 42.7 Å². The number of fused-ring (bicyclic) bond motifs is 1. The molecule has 5 aromatic rings. The molecule has 0 aliphatic carbocycles. The average Bonchev–Trinajstić information content (AvgIpc) is 3.40. The van der Waals surface area contributed by atoms with Crippen LogP contribution in [0.1, 0.15) is 34.0 Å². The molecule has 0 spiro atoms. The molecule has 0 saturated carbocycles. The van der Waals surface area contributed by atoms with Crippen molar-refractivity contribution in [3.8, 4) is 11.3 Å². The van der Waals surface area contributed by atoms with Gasteiger partial charge in [-0.1, -0.05) is 61.5 Å². The lowest BCUT2D eigenvalue weighted by atomic mass is 10.00. The van der Waals surface area contributed by atoms with Gasteiger partial charge in [-0.25, -0.2) is 13.8 Å². The predicted octanol–water partition coefficient (Wildman–Crippen LogP) is 5.33. The largest absolute Gasteiger partial charge is 0.390 e. The van der Waals surface area contributed by atoms with E-state index in [0.29, 0.717) is 23.3 Å². The highest BCUT2D eigenvalue weighted by Crippen LogP contribution is 2.20. The van der Waals surface area contributed by atoms with Gasteiger partial charge in [-0.2, -0.15) is 0 Å². The first-order chi connectivity index (χ1) is 19.9. The van der Waals surface area contributed by atoms with Crippen LogP contribution >= 0.6 is 0 Å². The van der Waals surface area contributed by atoms with Gasteiger partial charge in [-0.05, 0) is 53.8 Å². The Bertz CT molecular complexity index is 1620. The Kier molecular flexibility index (Phi) is 8.82. The van der Waals surface area contributed by atoms with Gasteiger partial charge in [0.1, 0.15) is 17.3 Å². The van der Waals surface area contributed by atoms with Gasteiger partial charge in [0.2, 0.25) is 0 Å². The maximum absolute atomic E-state index is 13.9. The van der Waals surface area contributed by atoms with Crippen molar-refractivity contribution in [1.29, 1.82) is 0 Å². The lowest BCUT2D eigenvalue weighted by Crippen LogP contribution is -2.48. The second-order valence-corrected chi connectivity index (χ2v) is 10.1. The van der Waals surface area contributed by atoms with Gasteiger partial charge < -0.3 is 20.1 Å². The number of carbonyl (C=O) groups excluding carboxylic acids is 1. The van der Waals surface area contributed by atoms with E-state index in [-0.39, 0.29) is 13.0 Å². The Morgan fingerprint density at radius 2 is 1.68 bits per heavy atom. The summed E-state index contributed by atoms with van der Waals surface area (Å²) in [7, 11) is 0. The topological polar surface area (TPSA) is 78.7 Å². The summed E-state index contributed by atoms with van der Waals surface area (Å²) in [5.74, 6) is -1.85. The van der Waals surface area contributed by atoms with E-state index < -0.39 is 29.7 Å². The number of pyridine rings is 1. The van der Waals surface area contributed by atoms with Gasteiger partial charge in [-0.15, -0.1) is 0 Å². The number of hydrogen-bond acceptors (Lipinski definition) is 4. The number of aliphatic hydroxyl groups is 1. The second-order valence-electron chi connectivity index (χ2n) is 10.1. The van der Waals surface area contributed by atoms with Crippen LogP contribution in [-0.4, -0.2) is 39.1 Å². The molecule has 6 nitrogen and oxygen atoms in total. The standard InChI is InChI=1S/C33H32F2N4O2/c1-2-22-7-6-8-23(13-22)19-36-20-31(40)29(16-24-14-27(34)18-28(35)15-24)38-33(41)26-11-12-39-21-30(37-32(39)17-26)25-9-4-3-5-10-25/h3-15,17-18,21,29,31,36,40H,2,16,19-20H2,1H3,(H,38,41). The zero-order valence-corrected chi connectivity index (χ0v) is 22.7. The fourth-order valence-electron chi connectivity index (χ4n) is 4.86. The smallest absolute Gasteiger partial charge is 0.251 e. The molecule has 8 heteroatoms.